The summed E-state index contributed by atoms with van der Waals surface area (Å²) < 4.78 is 17.4. The highest BCUT2D eigenvalue weighted by atomic mass is 35.5. The standard InChI is InChI=1S/C33H26ClN3O7S/c1-17-26(32(41)43-4)28(20-11-14-24(44-18(2)38)25(15-20)42-3)37-31(40)29(45-33(37)35-17)27-22-7-5-6-8-23(22)36(30(27)39)16-19-9-12-21(34)13-10-19/h5-15,28H,16H2,1-4H3/b29-27-/t28-/m0/s1. The summed E-state index contributed by atoms with van der Waals surface area (Å²) in [5.41, 5.74) is 2.91. The highest BCUT2D eigenvalue weighted by molar-refractivity contribution is 7.07. The Labute approximate surface area is 266 Å². The van der Waals surface area contributed by atoms with Gasteiger partial charge in [0, 0.05) is 17.5 Å². The van der Waals surface area contributed by atoms with Gasteiger partial charge in [0.2, 0.25) is 0 Å². The minimum absolute atomic E-state index is 0.145. The maximum absolute atomic E-state index is 14.4. The largest absolute Gasteiger partial charge is 0.493 e. The average molecular weight is 644 g/mol. The zero-order chi connectivity index (χ0) is 32.0. The molecule has 228 valence electrons. The molecular weight excluding hydrogens is 618 g/mol. The lowest BCUT2D eigenvalue weighted by molar-refractivity contribution is -0.136. The molecular formula is C33H26ClN3O7S. The number of ether oxygens (including phenoxy) is 3. The van der Waals surface area contributed by atoms with E-state index < -0.39 is 23.5 Å². The van der Waals surface area contributed by atoms with Crippen molar-refractivity contribution in [3.8, 4) is 11.5 Å². The van der Waals surface area contributed by atoms with Crippen LogP contribution in [-0.4, -0.2) is 36.6 Å². The Bertz CT molecular complexity index is 2110. The van der Waals surface area contributed by atoms with Crippen LogP contribution >= 0.6 is 22.9 Å². The fourth-order valence-electron chi connectivity index (χ4n) is 5.58. The molecule has 0 fully saturated rings. The van der Waals surface area contributed by atoms with Crippen molar-refractivity contribution in [2.45, 2.75) is 26.4 Å². The lowest BCUT2D eigenvalue weighted by Gasteiger charge is -2.25. The highest BCUT2D eigenvalue weighted by Gasteiger charge is 2.37. The number of amides is 1. The molecule has 0 saturated carbocycles. The summed E-state index contributed by atoms with van der Waals surface area (Å²) in [7, 11) is 2.67. The molecule has 0 radical (unpaired) electrons. The van der Waals surface area contributed by atoms with E-state index in [2.05, 4.69) is 4.99 Å². The number of para-hydroxylation sites is 1. The van der Waals surface area contributed by atoms with Crippen LogP contribution in [0.1, 0.15) is 36.6 Å². The molecule has 45 heavy (non-hydrogen) atoms. The van der Waals surface area contributed by atoms with Gasteiger partial charge in [0.05, 0.1) is 49.3 Å². The third kappa shape index (κ3) is 5.23. The maximum atomic E-state index is 14.4. The summed E-state index contributed by atoms with van der Waals surface area (Å²) in [6, 6.07) is 18.3. The molecule has 1 amide bonds. The summed E-state index contributed by atoms with van der Waals surface area (Å²) >= 11 is 7.15. The third-order valence-corrected chi connectivity index (χ3v) is 8.87. The number of esters is 2. The molecule has 12 heteroatoms. The zero-order valence-electron chi connectivity index (χ0n) is 24.6. The van der Waals surface area contributed by atoms with Gasteiger partial charge in [0.15, 0.2) is 16.3 Å². The van der Waals surface area contributed by atoms with E-state index in [1.807, 2.05) is 36.4 Å². The first-order chi connectivity index (χ1) is 21.6. The molecule has 10 nitrogen and oxygen atoms in total. The fraction of sp³-hybridized carbons (Fsp3) is 0.182. The zero-order valence-corrected chi connectivity index (χ0v) is 26.2. The van der Waals surface area contributed by atoms with Gasteiger partial charge in [-0.05, 0) is 48.4 Å². The van der Waals surface area contributed by atoms with Gasteiger partial charge in [-0.2, -0.15) is 0 Å². The van der Waals surface area contributed by atoms with E-state index in [0.717, 1.165) is 16.9 Å². The van der Waals surface area contributed by atoms with E-state index >= 15 is 0 Å². The number of hydrogen-bond acceptors (Lipinski definition) is 9. The molecule has 2 aliphatic heterocycles. The fourth-order valence-corrected chi connectivity index (χ4v) is 6.84. The van der Waals surface area contributed by atoms with Gasteiger partial charge in [-0.25, -0.2) is 9.79 Å². The third-order valence-electron chi connectivity index (χ3n) is 7.56. The predicted octanol–water partition coefficient (Wildman–Crippen LogP) is 3.91. The second-order valence-corrected chi connectivity index (χ2v) is 11.7. The predicted molar refractivity (Wildman–Crippen MR) is 168 cm³/mol. The van der Waals surface area contributed by atoms with Crippen LogP contribution in [0, 0.1) is 0 Å². The van der Waals surface area contributed by atoms with Crippen molar-refractivity contribution in [1.29, 1.82) is 0 Å². The first-order valence-corrected chi connectivity index (χ1v) is 15.0. The quantitative estimate of drug-likeness (QED) is 0.231. The van der Waals surface area contributed by atoms with Crippen LogP contribution in [0.25, 0.3) is 5.57 Å². The van der Waals surface area contributed by atoms with Crippen LogP contribution in [-0.2, 0) is 25.7 Å². The number of benzene rings is 3. The maximum Gasteiger partial charge on any atom is 0.338 e. The van der Waals surface area contributed by atoms with Gasteiger partial charge in [-0.3, -0.25) is 19.0 Å². The Morgan fingerprint density at radius 3 is 2.42 bits per heavy atom. The number of carbonyl (C=O) groups excluding carboxylic acids is 3. The van der Waals surface area contributed by atoms with E-state index in [9.17, 15) is 19.2 Å². The molecule has 1 atom stereocenters. The molecule has 0 saturated heterocycles. The number of hydrogen-bond donors (Lipinski definition) is 0. The normalized spacial score (nSPS) is 16.6. The van der Waals surface area contributed by atoms with Gasteiger partial charge < -0.3 is 19.1 Å². The highest BCUT2D eigenvalue weighted by Crippen LogP contribution is 2.38. The number of nitrogens with zero attached hydrogens (tertiary/aromatic N) is 3. The number of allylic oxidation sites excluding steroid dienone is 1. The molecule has 4 aromatic rings. The van der Waals surface area contributed by atoms with Crippen molar-refractivity contribution in [1.82, 2.24) is 4.57 Å². The van der Waals surface area contributed by atoms with Crippen LogP contribution in [0.2, 0.25) is 5.02 Å². The van der Waals surface area contributed by atoms with Gasteiger partial charge in [-0.15, -0.1) is 0 Å². The lowest BCUT2D eigenvalue weighted by atomic mass is 9.95. The van der Waals surface area contributed by atoms with E-state index in [4.69, 9.17) is 25.8 Å². The summed E-state index contributed by atoms with van der Waals surface area (Å²) in [6.07, 6.45) is 0. The Hall–Kier alpha value is -5.00. The number of carbonyl (C=O) groups is 3. The molecule has 6 rings (SSSR count). The summed E-state index contributed by atoms with van der Waals surface area (Å²) in [5.74, 6) is -1.13. The minimum Gasteiger partial charge on any atom is -0.493 e. The van der Waals surface area contributed by atoms with E-state index in [1.54, 1.807) is 36.1 Å². The van der Waals surface area contributed by atoms with Crippen LogP contribution < -0.4 is 29.3 Å². The molecule has 3 aromatic carbocycles. The minimum atomic E-state index is -0.972. The number of halogens is 1. The van der Waals surface area contributed by atoms with Gasteiger partial charge in [-0.1, -0.05) is 59.3 Å². The van der Waals surface area contributed by atoms with E-state index in [0.29, 0.717) is 32.3 Å². The molecule has 0 unspecified atom stereocenters. The molecule has 3 heterocycles. The molecule has 0 spiro atoms. The number of fused-ring (bicyclic) bond motifs is 2. The van der Waals surface area contributed by atoms with Crippen LogP contribution in [0.3, 0.4) is 0 Å². The first kappa shape index (κ1) is 30.0. The number of anilines is 1. The van der Waals surface area contributed by atoms with Crippen molar-refractivity contribution in [2.75, 3.05) is 19.1 Å². The van der Waals surface area contributed by atoms with Gasteiger partial charge >= 0.3 is 11.9 Å². The second kappa shape index (κ2) is 11.8. The molecule has 2 aliphatic rings. The number of thiazole rings is 1. The number of rotatable bonds is 6. The Morgan fingerprint density at radius 2 is 1.73 bits per heavy atom. The van der Waals surface area contributed by atoms with Crippen LogP contribution in [0.15, 0.2) is 87.8 Å². The van der Waals surface area contributed by atoms with Crippen LogP contribution in [0.4, 0.5) is 5.69 Å². The lowest BCUT2D eigenvalue weighted by Crippen LogP contribution is -2.40. The van der Waals surface area contributed by atoms with Gasteiger partial charge in [0.1, 0.15) is 4.53 Å². The smallest absolute Gasteiger partial charge is 0.338 e. The Kier molecular flexibility index (Phi) is 7.90. The average Bonchev–Trinajstić information content (AvgIpc) is 3.49. The van der Waals surface area contributed by atoms with Crippen molar-refractivity contribution >= 4 is 52.0 Å². The van der Waals surface area contributed by atoms with E-state index in [-0.39, 0.29) is 39.6 Å². The molecule has 1 aromatic heterocycles. The van der Waals surface area contributed by atoms with Crippen LogP contribution in [0.5, 0.6) is 11.5 Å². The molecule has 0 bridgehead atoms. The van der Waals surface area contributed by atoms with Crippen molar-refractivity contribution in [3.63, 3.8) is 0 Å². The molecule has 0 aliphatic carbocycles. The van der Waals surface area contributed by atoms with Crippen molar-refractivity contribution in [3.05, 3.63) is 119 Å². The summed E-state index contributed by atoms with van der Waals surface area (Å²) in [5, 5.41) is 0.587. The van der Waals surface area contributed by atoms with Crippen molar-refractivity contribution < 1.29 is 28.6 Å². The van der Waals surface area contributed by atoms with Crippen molar-refractivity contribution in [2.24, 2.45) is 4.99 Å². The summed E-state index contributed by atoms with van der Waals surface area (Å²) in [6.45, 7) is 3.21. The topological polar surface area (TPSA) is 117 Å². The van der Waals surface area contributed by atoms with E-state index in [1.165, 1.54) is 31.8 Å². The summed E-state index contributed by atoms with van der Waals surface area (Å²) in [4.78, 5) is 59.8. The van der Waals surface area contributed by atoms with Gasteiger partial charge in [0.25, 0.3) is 11.5 Å². The number of methoxy groups -OCH3 is 2. The second-order valence-electron chi connectivity index (χ2n) is 10.3. The first-order valence-electron chi connectivity index (χ1n) is 13.8. The Balaban J connectivity index is 1.56. The number of aromatic nitrogens is 1. The monoisotopic (exact) mass is 643 g/mol. The SMILES string of the molecule is COC(=O)C1=C(C)N=c2s/c(=C3\C(=O)N(Cc4ccc(Cl)cc4)c4ccccc43)c(=O)n2[C@H]1c1ccc(OC(C)=O)c(OC)c1. The Morgan fingerprint density at radius 1 is 1.00 bits per heavy atom. The molecule has 0 N–H and O–H groups in total.